The van der Waals surface area contributed by atoms with Crippen LogP contribution >= 0.6 is 0 Å². The third-order valence-electron chi connectivity index (χ3n) is 7.02. The molecule has 2 aliphatic rings. The summed E-state index contributed by atoms with van der Waals surface area (Å²) in [6.07, 6.45) is 0.664. The molecule has 3 N–H and O–H groups in total. The number of H-pyrrole nitrogens is 1. The molecule has 7 heteroatoms. The summed E-state index contributed by atoms with van der Waals surface area (Å²) in [7, 11) is 0. The highest BCUT2D eigenvalue weighted by Gasteiger charge is 2.61. The van der Waals surface area contributed by atoms with Gasteiger partial charge in [0.15, 0.2) is 0 Å². The molecule has 1 aromatic heterocycles. The van der Waals surface area contributed by atoms with Crippen LogP contribution in [0.2, 0.25) is 0 Å². The molecule has 7 nitrogen and oxygen atoms in total. The number of aromatic nitrogens is 2. The zero-order valence-electron chi connectivity index (χ0n) is 19.7. The van der Waals surface area contributed by atoms with E-state index in [4.69, 9.17) is 10.5 Å². The monoisotopic (exact) mass is 473 g/mol. The zero-order valence-corrected chi connectivity index (χ0v) is 19.7. The number of carbonyl (C=O) groups is 1. The molecule has 3 heterocycles. The van der Waals surface area contributed by atoms with E-state index in [9.17, 15) is 10.1 Å². The van der Waals surface area contributed by atoms with Crippen molar-refractivity contribution >= 4 is 11.6 Å². The van der Waals surface area contributed by atoms with Crippen molar-refractivity contribution in [2.24, 2.45) is 5.73 Å². The molecule has 1 amide bonds. The molecular formula is C29H23N5O2. The maximum Gasteiger partial charge on any atom is 0.247 e. The van der Waals surface area contributed by atoms with Gasteiger partial charge in [-0.05, 0) is 25.0 Å². The van der Waals surface area contributed by atoms with E-state index in [2.05, 4.69) is 16.3 Å². The fourth-order valence-electron chi connectivity index (χ4n) is 5.32. The number of hydrogen-bond acceptors (Lipinski definition) is 5. The summed E-state index contributed by atoms with van der Waals surface area (Å²) in [6, 6.07) is 27.7. The van der Waals surface area contributed by atoms with Gasteiger partial charge in [0.05, 0.1) is 11.3 Å². The lowest BCUT2D eigenvalue weighted by molar-refractivity contribution is -0.120. The summed E-state index contributed by atoms with van der Waals surface area (Å²) < 4.78 is 5.80. The average molecular weight is 474 g/mol. The SMILES string of the molecule is Cc1ccc(-c2[nH]nc3c2C2(C(=O)N(CCc4ccccc4)c4ccccc42)C(C#N)=C(N)O3)cc1. The Labute approximate surface area is 208 Å². The minimum absolute atomic E-state index is 0.0735. The Bertz CT molecular complexity index is 1560. The maximum atomic E-state index is 14.6. The molecule has 2 aliphatic heterocycles. The molecule has 0 bridgehead atoms. The standard InChI is InChI=1S/C29H23N5O2/c1-18-11-13-20(14-12-18)25-24-27(33-32-25)36-26(31)22(17-30)29(24)21-9-5-6-10-23(21)34(28(29)35)16-15-19-7-3-2-4-8-19/h2-14H,15-16,31H2,1H3,(H,32,33). The van der Waals surface area contributed by atoms with E-state index in [0.29, 0.717) is 29.8 Å². The molecule has 4 aromatic rings. The molecule has 6 rings (SSSR count). The number of anilines is 1. The van der Waals surface area contributed by atoms with Crippen LogP contribution in [-0.2, 0) is 16.6 Å². The summed E-state index contributed by atoms with van der Waals surface area (Å²) >= 11 is 0. The molecule has 0 aliphatic carbocycles. The molecule has 1 spiro atoms. The number of nitrogens with two attached hydrogens (primary N) is 1. The van der Waals surface area contributed by atoms with Crippen LogP contribution in [0.5, 0.6) is 5.88 Å². The van der Waals surface area contributed by atoms with Gasteiger partial charge in [-0.3, -0.25) is 9.89 Å². The number of nitrogens with zero attached hydrogens (tertiary/aromatic N) is 3. The summed E-state index contributed by atoms with van der Waals surface area (Å²) in [4.78, 5) is 16.3. The highest BCUT2D eigenvalue weighted by molar-refractivity contribution is 6.15. The Hall–Kier alpha value is -4.83. The van der Waals surface area contributed by atoms with Crippen LogP contribution < -0.4 is 15.4 Å². The molecule has 36 heavy (non-hydrogen) atoms. The number of ether oxygens (including phenoxy) is 1. The Morgan fingerprint density at radius 1 is 1.06 bits per heavy atom. The van der Waals surface area contributed by atoms with Crippen LogP contribution in [-0.4, -0.2) is 22.6 Å². The summed E-state index contributed by atoms with van der Waals surface area (Å²) in [5.74, 6) is -0.145. The van der Waals surface area contributed by atoms with Gasteiger partial charge < -0.3 is 15.4 Å². The number of amides is 1. The number of nitriles is 1. The lowest BCUT2D eigenvalue weighted by Gasteiger charge is -2.33. The number of para-hydroxylation sites is 1. The van der Waals surface area contributed by atoms with E-state index >= 15 is 0 Å². The topological polar surface area (TPSA) is 108 Å². The molecule has 176 valence electrons. The largest absolute Gasteiger partial charge is 0.420 e. The second kappa shape index (κ2) is 8.14. The van der Waals surface area contributed by atoms with Gasteiger partial charge in [0.25, 0.3) is 0 Å². The minimum atomic E-state index is -1.47. The Balaban J connectivity index is 1.58. The predicted octanol–water partition coefficient (Wildman–Crippen LogP) is 4.35. The summed E-state index contributed by atoms with van der Waals surface area (Å²) in [6.45, 7) is 2.46. The molecule has 1 unspecified atom stereocenters. The van der Waals surface area contributed by atoms with Crippen LogP contribution in [0.3, 0.4) is 0 Å². The Kier molecular flexibility index (Phi) is 4.90. The van der Waals surface area contributed by atoms with Crippen LogP contribution in [0.4, 0.5) is 5.69 Å². The number of benzene rings is 3. The first-order valence-electron chi connectivity index (χ1n) is 11.7. The van der Waals surface area contributed by atoms with Gasteiger partial charge in [0.2, 0.25) is 17.7 Å². The third-order valence-corrected chi connectivity index (χ3v) is 7.02. The molecular weight excluding hydrogens is 450 g/mol. The number of hydrogen-bond donors (Lipinski definition) is 2. The Morgan fingerprint density at radius 2 is 1.78 bits per heavy atom. The van der Waals surface area contributed by atoms with Crippen molar-refractivity contribution in [2.45, 2.75) is 18.8 Å². The second-order valence-electron chi connectivity index (χ2n) is 9.06. The molecule has 0 radical (unpaired) electrons. The molecule has 0 fully saturated rings. The lowest BCUT2D eigenvalue weighted by Crippen LogP contribution is -2.46. The van der Waals surface area contributed by atoms with E-state index in [1.54, 1.807) is 4.90 Å². The maximum absolute atomic E-state index is 14.6. The molecule has 3 aromatic carbocycles. The number of aromatic amines is 1. The molecule has 0 saturated heterocycles. The van der Waals surface area contributed by atoms with E-state index < -0.39 is 5.41 Å². The first-order valence-corrected chi connectivity index (χ1v) is 11.7. The van der Waals surface area contributed by atoms with E-state index in [0.717, 1.165) is 22.4 Å². The number of nitrogens with one attached hydrogen (secondary N) is 1. The quantitative estimate of drug-likeness (QED) is 0.458. The van der Waals surface area contributed by atoms with Crippen LogP contribution in [0.1, 0.15) is 22.3 Å². The number of carbonyl (C=O) groups excluding carboxylic acids is 1. The van der Waals surface area contributed by atoms with E-state index in [1.807, 2.05) is 85.8 Å². The van der Waals surface area contributed by atoms with E-state index in [1.165, 1.54) is 0 Å². The lowest BCUT2D eigenvalue weighted by atomic mass is 9.68. The first-order chi connectivity index (χ1) is 17.6. The average Bonchev–Trinajstić information content (AvgIpc) is 3.42. The van der Waals surface area contributed by atoms with Crippen molar-refractivity contribution in [3.63, 3.8) is 0 Å². The fraction of sp³-hybridized carbons (Fsp3) is 0.138. The smallest absolute Gasteiger partial charge is 0.247 e. The number of rotatable bonds is 4. The Morgan fingerprint density at radius 3 is 2.53 bits per heavy atom. The van der Waals surface area contributed by atoms with Crippen molar-refractivity contribution in [1.29, 1.82) is 5.26 Å². The van der Waals surface area contributed by atoms with Gasteiger partial charge in [0.1, 0.15) is 17.1 Å². The summed E-state index contributed by atoms with van der Waals surface area (Å²) in [5.41, 5.74) is 10.5. The highest BCUT2D eigenvalue weighted by Crippen LogP contribution is 2.56. The molecule has 1 atom stereocenters. The van der Waals surface area contributed by atoms with Crippen molar-refractivity contribution in [1.82, 2.24) is 10.2 Å². The summed E-state index contributed by atoms with van der Waals surface area (Å²) in [5, 5.41) is 17.7. The van der Waals surface area contributed by atoms with Gasteiger partial charge in [0, 0.05) is 23.4 Å². The third kappa shape index (κ3) is 2.98. The predicted molar refractivity (Wildman–Crippen MR) is 136 cm³/mol. The highest BCUT2D eigenvalue weighted by atomic mass is 16.5. The fourth-order valence-corrected chi connectivity index (χ4v) is 5.32. The van der Waals surface area contributed by atoms with Crippen LogP contribution in [0.25, 0.3) is 11.3 Å². The second-order valence-corrected chi connectivity index (χ2v) is 9.06. The minimum Gasteiger partial charge on any atom is -0.420 e. The van der Waals surface area contributed by atoms with Crippen molar-refractivity contribution in [2.75, 3.05) is 11.4 Å². The number of fused-ring (bicyclic) bond motifs is 4. The van der Waals surface area contributed by atoms with Crippen molar-refractivity contribution in [3.8, 4) is 23.2 Å². The van der Waals surface area contributed by atoms with Gasteiger partial charge in [-0.15, -0.1) is 5.10 Å². The molecule has 0 saturated carbocycles. The zero-order chi connectivity index (χ0) is 24.9. The van der Waals surface area contributed by atoms with Gasteiger partial charge in [-0.2, -0.15) is 5.26 Å². The van der Waals surface area contributed by atoms with Crippen LogP contribution in [0.15, 0.2) is 90.3 Å². The van der Waals surface area contributed by atoms with Crippen molar-refractivity contribution < 1.29 is 9.53 Å². The normalized spacial score (nSPS) is 18.1. The van der Waals surface area contributed by atoms with Crippen molar-refractivity contribution in [3.05, 3.63) is 113 Å². The first kappa shape index (κ1) is 21.7. The van der Waals surface area contributed by atoms with E-state index in [-0.39, 0.29) is 23.2 Å². The van der Waals surface area contributed by atoms with Gasteiger partial charge in [-0.25, -0.2) is 0 Å². The van der Waals surface area contributed by atoms with Gasteiger partial charge >= 0.3 is 0 Å². The van der Waals surface area contributed by atoms with Crippen LogP contribution in [0, 0.1) is 18.3 Å². The number of aryl methyl sites for hydroxylation is 1. The van der Waals surface area contributed by atoms with Gasteiger partial charge in [-0.1, -0.05) is 78.4 Å².